The van der Waals surface area contributed by atoms with E-state index in [-0.39, 0.29) is 6.54 Å². The average molecular weight is 243 g/mol. The second-order valence-corrected chi connectivity index (χ2v) is 5.01. The maximum atomic E-state index is 9.80. The molecule has 1 atom stereocenters. The molecule has 0 saturated heterocycles. The molecule has 0 aliphatic carbocycles. The van der Waals surface area contributed by atoms with Crippen LogP contribution in [-0.2, 0) is 0 Å². The van der Waals surface area contributed by atoms with Crippen LogP contribution in [0.15, 0.2) is 21.9 Å². The molecular weight excluding hydrogens is 226 g/mol. The van der Waals surface area contributed by atoms with Gasteiger partial charge < -0.3 is 10.8 Å². The van der Waals surface area contributed by atoms with Crippen LogP contribution in [0.5, 0.6) is 0 Å². The van der Waals surface area contributed by atoms with Gasteiger partial charge in [-0.15, -0.1) is 23.5 Å². The molecule has 0 radical (unpaired) electrons. The Morgan fingerprint density at radius 3 is 2.33 bits per heavy atom. The van der Waals surface area contributed by atoms with Crippen LogP contribution < -0.4 is 5.73 Å². The van der Waals surface area contributed by atoms with Crippen LogP contribution in [0, 0.1) is 6.92 Å². The number of thioether (sulfide) groups is 2. The summed E-state index contributed by atoms with van der Waals surface area (Å²) < 4.78 is 0. The highest BCUT2D eigenvalue weighted by molar-refractivity contribution is 7.99. The van der Waals surface area contributed by atoms with Gasteiger partial charge in [-0.05, 0) is 42.7 Å². The van der Waals surface area contributed by atoms with Crippen LogP contribution in [0.2, 0.25) is 0 Å². The summed E-state index contributed by atoms with van der Waals surface area (Å²) >= 11 is 3.34. The zero-order valence-corrected chi connectivity index (χ0v) is 10.9. The molecule has 0 fully saturated rings. The predicted molar refractivity (Wildman–Crippen MR) is 68.8 cm³/mol. The van der Waals surface area contributed by atoms with Crippen molar-refractivity contribution in [1.29, 1.82) is 0 Å². The van der Waals surface area contributed by atoms with Crippen LogP contribution in [0.25, 0.3) is 0 Å². The predicted octanol–water partition coefficient (Wildman–Crippen LogP) is 2.43. The molecule has 15 heavy (non-hydrogen) atoms. The van der Waals surface area contributed by atoms with Gasteiger partial charge >= 0.3 is 0 Å². The Labute approximate surface area is 99.6 Å². The third-order valence-corrected chi connectivity index (χ3v) is 4.00. The number of hydrogen-bond acceptors (Lipinski definition) is 4. The Kier molecular flexibility index (Phi) is 4.99. The summed E-state index contributed by atoms with van der Waals surface area (Å²) in [5.41, 5.74) is 7.69. The van der Waals surface area contributed by atoms with Gasteiger partial charge in [0.15, 0.2) is 0 Å². The highest BCUT2D eigenvalue weighted by Gasteiger charge is 2.12. The lowest BCUT2D eigenvalue weighted by atomic mass is 10.1. The standard InChI is InChI=1S/C11H17NOS2/c1-7-4-11(15-3)8(9(13)6-12)5-10(7)14-2/h4-5,9,13H,6,12H2,1-3H3. The highest BCUT2D eigenvalue weighted by atomic mass is 32.2. The fourth-order valence-electron chi connectivity index (χ4n) is 1.46. The van der Waals surface area contributed by atoms with E-state index in [0.717, 1.165) is 10.5 Å². The van der Waals surface area contributed by atoms with Crippen LogP contribution in [-0.4, -0.2) is 24.2 Å². The van der Waals surface area contributed by atoms with Gasteiger partial charge in [0.25, 0.3) is 0 Å². The summed E-state index contributed by atoms with van der Waals surface area (Å²) in [5, 5.41) is 9.80. The molecule has 1 aromatic carbocycles. The summed E-state index contributed by atoms with van der Waals surface area (Å²) in [5.74, 6) is 0. The first-order chi connectivity index (χ1) is 7.13. The first kappa shape index (κ1) is 12.9. The molecule has 1 aromatic rings. The molecule has 0 saturated carbocycles. The largest absolute Gasteiger partial charge is 0.387 e. The molecule has 0 aromatic heterocycles. The normalized spacial score (nSPS) is 12.9. The van der Waals surface area contributed by atoms with Crippen molar-refractivity contribution >= 4 is 23.5 Å². The number of hydrogen-bond donors (Lipinski definition) is 2. The van der Waals surface area contributed by atoms with E-state index in [9.17, 15) is 5.11 Å². The number of aryl methyl sites for hydroxylation is 1. The number of aliphatic hydroxyl groups is 1. The van der Waals surface area contributed by atoms with E-state index in [4.69, 9.17) is 5.73 Å². The minimum atomic E-state index is -0.557. The van der Waals surface area contributed by atoms with Crippen LogP contribution in [0.4, 0.5) is 0 Å². The van der Waals surface area contributed by atoms with Gasteiger partial charge in [-0.1, -0.05) is 0 Å². The Morgan fingerprint density at radius 2 is 1.87 bits per heavy atom. The third kappa shape index (κ3) is 2.91. The monoisotopic (exact) mass is 243 g/mol. The topological polar surface area (TPSA) is 46.2 Å². The van der Waals surface area contributed by atoms with Gasteiger partial charge in [-0.25, -0.2) is 0 Å². The molecule has 3 N–H and O–H groups in total. The van der Waals surface area contributed by atoms with Crippen molar-refractivity contribution in [3.8, 4) is 0 Å². The molecule has 1 rings (SSSR count). The molecule has 0 bridgehead atoms. The third-order valence-electron chi connectivity index (χ3n) is 2.33. The van der Waals surface area contributed by atoms with E-state index in [2.05, 4.69) is 13.0 Å². The van der Waals surface area contributed by atoms with Crippen molar-refractivity contribution in [2.24, 2.45) is 5.73 Å². The number of rotatable bonds is 4. The van der Waals surface area contributed by atoms with Crippen molar-refractivity contribution in [3.63, 3.8) is 0 Å². The Hall–Kier alpha value is -0.160. The van der Waals surface area contributed by atoms with Crippen LogP contribution >= 0.6 is 23.5 Å². The van der Waals surface area contributed by atoms with Crippen LogP contribution in [0.3, 0.4) is 0 Å². The quantitative estimate of drug-likeness (QED) is 0.797. The summed E-state index contributed by atoms with van der Waals surface area (Å²) in [6, 6.07) is 4.16. The Balaban J connectivity index is 3.22. The maximum Gasteiger partial charge on any atom is 0.0923 e. The van der Waals surface area contributed by atoms with Gasteiger partial charge in [-0.2, -0.15) is 0 Å². The molecular formula is C11H17NOS2. The van der Waals surface area contributed by atoms with Gasteiger partial charge in [0.1, 0.15) is 0 Å². The first-order valence-electron chi connectivity index (χ1n) is 4.74. The van der Waals surface area contributed by atoms with Gasteiger partial charge in [0.2, 0.25) is 0 Å². The minimum Gasteiger partial charge on any atom is -0.387 e. The van der Waals surface area contributed by atoms with Gasteiger partial charge in [0, 0.05) is 16.3 Å². The molecule has 1 unspecified atom stereocenters. The molecule has 0 aliphatic heterocycles. The lowest BCUT2D eigenvalue weighted by Gasteiger charge is -2.15. The van der Waals surface area contributed by atoms with Crippen LogP contribution in [0.1, 0.15) is 17.2 Å². The maximum absolute atomic E-state index is 9.80. The number of benzene rings is 1. The fourth-order valence-corrected chi connectivity index (χ4v) is 2.81. The lowest BCUT2D eigenvalue weighted by Crippen LogP contribution is -2.12. The van der Waals surface area contributed by atoms with E-state index in [1.807, 2.05) is 18.6 Å². The van der Waals surface area contributed by atoms with Crippen molar-refractivity contribution in [2.45, 2.75) is 22.8 Å². The second-order valence-electron chi connectivity index (χ2n) is 3.32. The second kappa shape index (κ2) is 5.80. The van der Waals surface area contributed by atoms with Gasteiger partial charge in [0.05, 0.1) is 6.10 Å². The van der Waals surface area contributed by atoms with E-state index in [1.165, 1.54) is 10.5 Å². The molecule has 0 heterocycles. The first-order valence-corrected chi connectivity index (χ1v) is 7.19. The van der Waals surface area contributed by atoms with Crippen molar-refractivity contribution in [3.05, 3.63) is 23.3 Å². The molecule has 0 amide bonds. The molecule has 0 spiro atoms. The van der Waals surface area contributed by atoms with E-state index in [1.54, 1.807) is 23.5 Å². The van der Waals surface area contributed by atoms with Gasteiger partial charge in [-0.3, -0.25) is 0 Å². The van der Waals surface area contributed by atoms with E-state index < -0.39 is 6.10 Å². The smallest absolute Gasteiger partial charge is 0.0923 e. The van der Waals surface area contributed by atoms with Crippen molar-refractivity contribution < 1.29 is 5.11 Å². The zero-order valence-electron chi connectivity index (χ0n) is 9.28. The lowest BCUT2D eigenvalue weighted by molar-refractivity contribution is 0.183. The summed E-state index contributed by atoms with van der Waals surface area (Å²) in [6.07, 6.45) is 3.50. The Bertz CT molecular complexity index is 342. The average Bonchev–Trinajstić information content (AvgIpc) is 2.27. The highest BCUT2D eigenvalue weighted by Crippen LogP contribution is 2.32. The molecule has 4 heteroatoms. The SMILES string of the molecule is CSc1cc(C(O)CN)c(SC)cc1C. The number of nitrogens with two attached hydrogens (primary N) is 1. The summed E-state index contributed by atoms with van der Waals surface area (Å²) in [7, 11) is 0. The molecule has 2 nitrogen and oxygen atoms in total. The zero-order chi connectivity index (χ0) is 11.4. The number of aliphatic hydroxyl groups excluding tert-OH is 1. The van der Waals surface area contributed by atoms with Crippen molar-refractivity contribution in [2.75, 3.05) is 19.1 Å². The summed E-state index contributed by atoms with van der Waals surface area (Å²) in [4.78, 5) is 2.32. The fraction of sp³-hybridized carbons (Fsp3) is 0.455. The molecule has 0 aliphatic rings. The van der Waals surface area contributed by atoms with E-state index >= 15 is 0 Å². The van der Waals surface area contributed by atoms with Crippen molar-refractivity contribution in [1.82, 2.24) is 0 Å². The minimum absolute atomic E-state index is 0.268. The van der Waals surface area contributed by atoms with E-state index in [0.29, 0.717) is 0 Å². The summed E-state index contributed by atoms with van der Waals surface area (Å²) in [6.45, 7) is 2.36. The Morgan fingerprint density at radius 1 is 1.27 bits per heavy atom. The molecule has 84 valence electrons.